The molecule has 8 unspecified atom stereocenters. The molecular formula is C59H109NO6. The maximum absolute atomic E-state index is 13.4. The van der Waals surface area contributed by atoms with Gasteiger partial charge in [0.2, 0.25) is 0 Å². The molecule has 0 aromatic carbocycles. The van der Waals surface area contributed by atoms with E-state index in [0.29, 0.717) is 26.1 Å². The van der Waals surface area contributed by atoms with Crippen molar-refractivity contribution in [3.05, 3.63) is 12.2 Å². The molecular weight excluding hydrogens is 819 g/mol. The second-order valence-electron chi connectivity index (χ2n) is 22.0. The van der Waals surface area contributed by atoms with Crippen LogP contribution in [0.5, 0.6) is 0 Å². The SMILES string of the molecule is CC/C=C\CC1C(CC(=O)OCC(COCCCCCCCCC2CC2CCCCCCCC)OCCCCCCCCC2CC2CCCCCCCC)CCC1OC(=O)CCCN(C)C. The number of hydrogen-bond donors (Lipinski definition) is 0. The number of nitrogens with zero attached hydrogens (tertiary/aromatic N) is 1. The highest BCUT2D eigenvalue weighted by Gasteiger charge is 2.39. The van der Waals surface area contributed by atoms with Crippen LogP contribution in [0.4, 0.5) is 0 Å². The van der Waals surface area contributed by atoms with Gasteiger partial charge in [0, 0.05) is 32.0 Å². The molecule has 3 saturated carbocycles. The maximum atomic E-state index is 13.4. The Balaban J connectivity index is 1.31. The second-order valence-corrected chi connectivity index (χ2v) is 22.0. The monoisotopic (exact) mass is 928 g/mol. The molecule has 0 bridgehead atoms. The minimum atomic E-state index is -0.244. The third-order valence-electron chi connectivity index (χ3n) is 15.6. The van der Waals surface area contributed by atoms with Crippen molar-refractivity contribution in [3.63, 3.8) is 0 Å². The molecule has 0 saturated heterocycles. The predicted octanol–water partition coefficient (Wildman–Crippen LogP) is 16.2. The first kappa shape index (κ1) is 58.9. The number of ether oxygens (including phenoxy) is 4. The van der Waals surface area contributed by atoms with Crippen LogP contribution in [0.1, 0.15) is 258 Å². The molecule has 3 aliphatic rings. The fourth-order valence-electron chi connectivity index (χ4n) is 11.1. The van der Waals surface area contributed by atoms with Gasteiger partial charge in [-0.05, 0) is 108 Å². The Morgan fingerprint density at radius 1 is 0.545 bits per heavy atom. The highest BCUT2D eigenvalue weighted by atomic mass is 16.6. The molecule has 0 N–H and O–H groups in total. The third-order valence-corrected chi connectivity index (χ3v) is 15.6. The van der Waals surface area contributed by atoms with Gasteiger partial charge in [0.1, 0.15) is 18.8 Å². The zero-order valence-corrected chi connectivity index (χ0v) is 44.4. The topological polar surface area (TPSA) is 74.3 Å². The lowest BCUT2D eigenvalue weighted by molar-refractivity contribution is -0.152. The number of carbonyl (C=O) groups excluding carboxylic acids is 2. The highest BCUT2D eigenvalue weighted by molar-refractivity contribution is 5.70. The minimum absolute atomic E-state index is 0.120. The number of hydrogen-bond acceptors (Lipinski definition) is 7. The molecule has 66 heavy (non-hydrogen) atoms. The fraction of sp³-hybridized carbons (Fsp3) is 0.932. The lowest BCUT2D eigenvalue weighted by atomic mass is 9.88. The standard InChI is InChI=1S/C59H109NO6/c1-6-9-12-14-20-27-34-50-45-52(50)36-29-22-16-18-24-31-43-63-48-55(64-44-32-25-19-17-23-30-37-53-46-51(53)35-28-21-15-13-10-7-2)49-65-59(62)47-54-40-41-57(56(54)38-26-11-8-3)66-58(61)39-33-42-60(4)5/h11,26,50-57H,6-10,12-25,27-49H2,1-5H3/b26-11-. The van der Waals surface area contributed by atoms with Crippen LogP contribution in [-0.2, 0) is 28.5 Å². The molecule has 0 aromatic heterocycles. The Kier molecular flexibility index (Phi) is 35.1. The van der Waals surface area contributed by atoms with Gasteiger partial charge >= 0.3 is 11.9 Å². The number of esters is 2. The van der Waals surface area contributed by atoms with E-state index in [-0.39, 0.29) is 42.6 Å². The smallest absolute Gasteiger partial charge is 0.306 e. The Bertz CT molecular complexity index is 1190. The van der Waals surface area contributed by atoms with Crippen LogP contribution in [0.2, 0.25) is 0 Å². The van der Waals surface area contributed by atoms with E-state index in [1.165, 1.54) is 180 Å². The molecule has 0 radical (unpaired) electrons. The van der Waals surface area contributed by atoms with Gasteiger partial charge < -0.3 is 23.8 Å². The third kappa shape index (κ3) is 30.2. The Labute approximate surface area is 409 Å². The van der Waals surface area contributed by atoms with Crippen molar-refractivity contribution in [2.45, 2.75) is 271 Å². The van der Waals surface area contributed by atoms with E-state index in [1.807, 2.05) is 14.1 Å². The summed E-state index contributed by atoms with van der Waals surface area (Å²) in [5.74, 6) is 4.15. The van der Waals surface area contributed by atoms with Crippen LogP contribution >= 0.6 is 0 Å². The summed E-state index contributed by atoms with van der Waals surface area (Å²) in [6, 6.07) is 0. The summed E-state index contributed by atoms with van der Waals surface area (Å²) < 4.78 is 24.5. The average molecular weight is 929 g/mol. The molecule has 0 heterocycles. The first-order valence-corrected chi connectivity index (χ1v) is 29.2. The molecule has 7 heteroatoms. The molecule has 386 valence electrons. The zero-order valence-electron chi connectivity index (χ0n) is 44.4. The van der Waals surface area contributed by atoms with Gasteiger partial charge in [-0.3, -0.25) is 9.59 Å². The van der Waals surface area contributed by atoms with Crippen LogP contribution in [0.25, 0.3) is 0 Å². The predicted molar refractivity (Wildman–Crippen MR) is 278 cm³/mol. The summed E-state index contributed by atoms with van der Waals surface area (Å²) in [7, 11) is 4.05. The molecule has 3 fully saturated rings. The second kappa shape index (κ2) is 39.3. The first-order valence-electron chi connectivity index (χ1n) is 29.2. The molecule has 7 nitrogen and oxygen atoms in total. The lowest BCUT2D eigenvalue weighted by Crippen LogP contribution is -2.30. The Hall–Kier alpha value is -1.44. The van der Waals surface area contributed by atoms with Crippen LogP contribution in [0, 0.1) is 35.5 Å². The minimum Gasteiger partial charge on any atom is -0.463 e. The quantitative estimate of drug-likeness (QED) is 0.0342. The van der Waals surface area contributed by atoms with Crippen molar-refractivity contribution < 1.29 is 28.5 Å². The van der Waals surface area contributed by atoms with Gasteiger partial charge in [-0.25, -0.2) is 0 Å². The van der Waals surface area contributed by atoms with Gasteiger partial charge in [-0.1, -0.05) is 200 Å². The van der Waals surface area contributed by atoms with E-state index < -0.39 is 0 Å². The van der Waals surface area contributed by atoms with Gasteiger partial charge in [-0.2, -0.15) is 0 Å². The molecule has 0 aliphatic heterocycles. The van der Waals surface area contributed by atoms with Gasteiger partial charge in [0.05, 0.1) is 6.61 Å². The van der Waals surface area contributed by atoms with Crippen molar-refractivity contribution in [3.8, 4) is 0 Å². The van der Waals surface area contributed by atoms with Crippen LogP contribution in [-0.4, -0.2) is 76.1 Å². The van der Waals surface area contributed by atoms with Crippen molar-refractivity contribution in [2.24, 2.45) is 35.5 Å². The number of carbonyl (C=O) groups is 2. The summed E-state index contributed by atoms with van der Waals surface area (Å²) in [5, 5.41) is 0. The Morgan fingerprint density at radius 3 is 1.56 bits per heavy atom. The van der Waals surface area contributed by atoms with Crippen molar-refractivity contribution in [1.29, 1.82) is 0 Å². The molecule has 0 spiro atoms. The van der Waals surface area contributed by atoms with E-state index in [4.69, 9.17) is 18.9 Å². The van der Waals surface area contributed by atoms with Gasteiger partial charge in [0.15, 0.2) is 0 Å². The number of unbranched alkanes of at least 4 members (excludes halogenated alkanes) is 20. The summed E-state index contributed by atoms with van der Waals surface area (Å²) in [6.45, 7) is 9.73. The first-order chi connectivity index (χ1) is 32.3. The largest absolute Gasteiger partial charge is 0.463 e. The van der Waals surface area contributed by atoms with E-state index >= 15 is 0 Å². The van der Waals surface area contributed by atoms with Crippen molar-refractivity contribution >= 4 is 11.9 Å². The zero-order chi connectivity index (χ0) is 47.3. The lowest BCUT2D eigenvalue weighted by Gasteiger charge is -2.24. The summed E-state index contributed by atoms with van der Waals surface area (Å²) >= 11 is 0. The Morgan fingerprint density at radius 2 is 1.05 bits per heavy atom. The van der Waals surface area contributed by atoms with E-state index in [0.717, 1.165) is 81.8 Å². The van der Waals surface area contributed by atoms with Gasteiger partial charge in [0.25, 0.3) is 0 Å². The summed E-state index contributed by atoms with van der Waals surface area (Å²) in [5.41, 5.74) is 0. The van der Waals surface area contributed by atoms with Crippen LogP contribution in [0.15, 0.2) is 12.2 Å². The van der Waals surface area contributed by atoms with E-state index in [9.17, 15) is 9.59 Å². The van der Waals surface area contributed by atoms with E-state index in [1.54, 1.807) is 0 Å². The summed E-state index contributed by atoms with van der Waals surface area (Å²) in [4.78, 5) is 28.2. The fourth-order valence-corrected chi connectivity index (χ4v) is 11.1. The van der Waals surface area contributed by atoms with Crippen LogP contribution < -0.4 is 0 Å². The van der Waals surface area contributed by atoms with E-state index in [2.05, 4.69) is 37.8 Å². The van der Waals surface area contributed by atoms with Crippen LogP contribution in [0.3, 0.4) is 0 Å². The van der Waals surface area contributed by atoms with Gasteiger partial charge in [-0.15, -0.1) is 0 Å². The maximum Gasteiger partial charge on any atom is 0.306 e. The number of rotatable bonds is 47. The highest BCUT2D eigenvalue weighted by Crippen LogP contribution is 2.47. The molecule has 3 aliphatic carbocycles. The number of allylic oxidation sites excluding steroid dienone is 2. The molecule has 0 amide bonds. The molecule has 8 atom stereocenters. The average Bonchev–Trinajstić information content (AvgIpc) is 4.21. The summed E-state index contributed by atoms with van der Waals surface area (Å²) in [6.07, 6.45) is 50.3. The molecule has 0 aromatic rings. The van der Waals surface area contributed by atoms with Crippen molar-refractivity contribution in [2.75, 3.05) is 47.1 Å². The normalized spacial score (nSPS) is 23.0. The van der Waals surface area contributed by atoms with Crippen molar-refractivity contribution in [1.82, 2.24) is 4.90 Å². The molecule has 3 rings (SSSR count).